The molecule has 0 aliphatic rings. The number of amides is 1. The number of hydrogen-bond acceptors (Lipinski definition) is 4. The van der Waals surface area contributed by atoms with Gasteiger partial charge in [0.25, 0.3) is 0 Å². The number of alkyl halides is 3. The third-order valence-corrected chi connectivity index (χ3v) is 2.29. The van der Waals surface area contributed by atoms with Gasteiger partial charge in [-0.3, -0.25) is 4.79 Å². The predicted octanol–water partition coefficient (Wildman–Crippen LogP) is 1.91. The maximum absolute atomic E-state index is 12.0. The number of ether oxygens (including phenoxy) is 1. The largest absolute Gasteiger partial charge is 0.573 e. The minimum Gasteiger partial charge on any atom is -0.409 e. The minimum atomic E-state index is -4.82. The average Bonchev–Trinajstić information content (AvgIpc) is 2.35. The molecular weight excluding hydrogens is 279 g/mol. The molecule has 1 aromatic rings. The van der Waals surface area contributed by atoms with E-state index in [1.165, 1.54) is 19.1 Å². The second kappa shape index (κ2) is 6.13. The fraction of sp³-hybridized carbons (Fsp3) is 0.273. The Hall–Kier alpha value is -2.45. The number of benzene rings is 1. The van der Waals surface area contributed by atoms with E-state index in [4.69, 9.17) is 10.9 Å². The molecule has 20 heavy (non-hydrogen) atoms. The van der Waals surface area contributed by atoms with Crippen LogP contribution in [0.5, 0.6) is 5.75 Å². The van der Waals surface area contributed by atoms with Crippen LogP contribution in [0.3, 0.4) is 0 Å². The van der Waals surface area contributed by atoms with Gasteiger partial charge in [0.05, 0.1) is 5.92 Å². The van der Waals surface area contributed by atoms with E-state index in [2.05, 4.69) is 15.2 Å². The highest BCUT2D eigenvalue weighted by molar-refractivity contribution is 6.07. The molecule has 1 rings (SSSR count). The Bertz CT molecular complexity index is 517. The number of hydrogen-bond donors (Lipinski definition) is 3. The Labute approximate surface area is 112 Å². The monoisotopic (exact) mass is 291 g/mol. The van der Waals surface area contributed by atoms with Gasteiger partial charge >= 0.3 is 6.36 Å². The van der Waals surface area contributed by atoms with E-state index in [9.17, 15) is 18.0 Å². The van der Waals surface area contributed by atoms with E-state index in [0.29, 0.717) is 0 Å². The Balaban J connectivity index is 2.79. The van der Waals surface area contributed by atoms with Crippen LogP contribution in [0.25, 0.3) is 0 Å². The van der Waals surface area contributed by atoms with Gasteiger partial charge in [-0.05, 0) is 19.1 Å². The summed E-state index contributed by atoms with van der Waals surface area (Å²) in [4.78, 5) is 11.7. The number of anilines is 1. The van der Waals surface area contributed by atoms with E-state index < -0.39 is 23.9 Å². The second-order valence-corrected chi connectivity index (χ2v) is 3.81. The van der Waals surface area contributed by atoms with Crippen LogP contribution in [0.4, 0.5) is 18.9 Å². The lowest BCUT2D eigenvalue weighted by Crippen LogP contribution is -2.32. The summed E-state index contributed by atoms with van der Waals surface area (Å²) in [6, 6.07) is 4.76. The van der Waals surface area contributed by atoms with E-state index in [1.807, 2.05) is 0 Å². The number of oxime groups is 1. The quantitative estimate of drug-likeness (QED) is 0.341. The lowest BCUT2D eigenvalue weighted by atomic mass is 10.1. The standard InChI is InChI=1S/C11H12F3N3O3/c1-6(9(15)17-19)10(18)16-7-3-2-4-8(5-7)20-11(12,13)14/h2-6,19H,1H3,(H2,15,17)(H,16,18). The molecule has 0 fully saturated rings. The highest BCUT2D eigenvalue weighted by Gasteiger charge is 2.31. The number of nitrogens with one attached hydrogen (secondary N) is 1. The smallest absolute Gasteiger partial charge is 0.409 e. The normalized spacial score (nSPS) is 13.7. The molecule has 0 radical (unpaired) electrons. The van der Waals surface area contributed by atoms with Crippen LogP contribution < -0.4 is 15.8 Å². The molecule has 6 nitrogen and oxygen atoms in total. The van der Waals surface area contributed by atoms with Crippen LogP contribution in [-0.4, -0.2) is 23.3 Å². The molecule has 1 unspecified atom stereocenters. The van der Waals surface area contributed by atoms with E-state index in [0.717, 1.165) is 12.1 Å². The maximum Gasteiger partial charge on any atom is 0.573 e. The topological polar surface area (TPSA) is 96.9 Å². The minimum absolute atomic E-state index is 0.0920. The Morgan fingerprint density at radius 1 is 1.50 bits per heavy atom. The number of rotatable bonds is 4. The highest BCUT2D eigenvalue weighted by Crippen LogP contribution is 2.25. The lowest BCUT2D eigenvalue weighted by Gasteiger charge is -2.12. The fourth-order valence-corrected chi connectivity index (χ4v) is 1.24. The molecule has 0 aliphatic carbocycles. The zero-order valence-corrected chi connectivity index (χ0v) is 10.3. The molecule has 0 spiro atoms. The molecule has 0 saturated heterocycles. The average molecular weight is 291 g/mol. The van der Waals surface area contributed by atoms with Crippen molar-refractivity contribution in [2.75, 3.05) is 5.32 Å². The number of nitrogens with two attached hydrogens (primary N) is 1. The first-order valence-corrected chi connectivity index (χ1v) is 5.37. The Morgan fingerprint density at radius 2 is 2.15 bits per heavy atom. The van der Waals surface area contributed by atoms with Crippen molar-refractivity contribution in [2.24, 2.45) is 16.8 Å². The predicted molar refractivity (Wildman–Crippen MR) is 64.3 cm³/mol. The maximum atomic E-state index is 12.0. The molecule has 0 heterocycles. The van der Waals surface area contributed by atoms with E-state index in [1.54, 1.807) is 0 Å². The van der Waals surface area contributed by atoms with Crippen LogP contribution in [-0.2, 0) is 4.79 Å². The summed E-state index contributed by atoms with van der Waals surface area (Å²) in [7, 11) is 0. The first-order chi connectivity index (χ1) is 9.23. The number of nitrogens with zero attached hydrogens (tertiary/aromatic N) is 1. The lowest BCUT2D eigenvalue weighted by molar-refractivity contribution is -0.274. The van der Waals surface area contributed by atoms with Crippen LogP contribution in [0, 0.1) is 5.92 Å². The zero-order chi connectivity index (χ0) is 15.3. The van der Waals surface area contributed by atoms with Crippen molar-refractivity contribution >= 4 is 17.4 Å². The molecule has 0 bridgehead atoms. The molecule has 110 valence electrons. The number of halogens is 3. The van der Waals surface area contributed by atoms with E-state index in [-0.39, 0.29) is 11.5 Å². The van der Waals surface area contributed by atoms with Crippen LogP contribution in [0.2, 0.25) is 0 Å². The van der Waals surface area contributed by atoms with Crippen molar-refractivity contribution in [2.45, 2.75) is 13.3 Å². The summed E-state index contributed by atoms with van der Waals surface area (Å²) in [5.41, 5.74) is 5.34. The Morgan fingerprint density at radius 3 is 2.70 bits per heavy atom. The first-order valence-electron chi connectivity index (χ1n) is 5.37. The van der Waals surface area contributed by atoms with Crippen molar-refractivity contribution in [1.82, 2.24) is 0 Å². The molecular formula is C11H12F3N3O3. The summed E-state index contributed by atoms with van der Waals surface area (Å²) in [6.45, 7) is 1.38. The van der Waals surface area contributed by atoms with Crippen molar-refractivity contribution < 1.29 is 27.9 Å². The van der Waals surface area contributed by atoms with Crippen molar-refractivity contribution in [3.63, 3.8) is 0 Å². The van der Waals surface area contributed by atoms with Gasteiger partial charge in [0.1, 0.15) is 5.75 Å². The SMILES string of the molecule is CC(C(=O)Nc1cccc(OC(F)(F)F)c1)C(N)=NO. The molecule has 9 heteroatoms. The number of carbonyl (C=O) groups is 1. The van der Waals surface area contributed by atoms with Crippen molar-refractivity contribution in [3.8, 4) is 5.75 Å². The molecule has 0 saturated carbocycles. The van der Waals surface area contributed by atoms with Gasteiger partial charge in [-0.1, -0.05) is 11.2 Å². The number of carbonyl (C=O) groups excluding carboxylic acids is 1. The fourth-order valence-electron chi connectivity index (χ4n) is 1.24. The van der Waals surface area contributed by atoms with Gasteiger partial charge < -0.3 is 21.0 Å². The molecule has 1 amide bonds. The van der Waals surface area contributed by atoms with Crippen LogP contribution in [0.15, 0.2) is 29.4 Å². The summed E-state index contributed by atoms with van der Waals surface area (Å²) in [5.74, 6) is -2.35. The summed E-state index contributed by atoms with van der Waals surface area (Å²) >= 11 is 0. The van der Waals surface area contributed by atoms with Gasteiger partial charge in [0.15, 0.2) is 5.84 Å². The van der Waals surface area contributed by atoms with Gasteiger partial charge in [-0.2, -0.15) is 0 Å². The van der Waals surface area contributed by atoms with Crippen LogP contribution >= 0.6 is 0 Å². The molecule has 0 aliphatic heterocycles. The Kier molecular flexibility index (Phi) is 4.78. The molecule has 0 aromatic heterocycles. The van der Waals surface area contributed by atoms with Crippen LogP contribution in [0.1, 0.15) is 6.92 Å². The molecule has 1 aromatic carbocycles. The third kappa shape index (κ3) is 4.67. The number of amidine groups is 1. The van der Waals surface area contributed by atoms with Crippen molar-refractivity contribution in [3.05, 3.63) is 24.3 Å². The van der Waals surface area contributed by atoms with Gasteiger partial charge in [0.2, 0.25) is 5.91 Å². The van der Waals surface area contributed by atoms with Gasteiger partial charge in [-0.15, -0.1) is 13.2 Å². The van der Waals surface area contributed by atoms with Crippen molar-refractivity contribution in [1.29, 1.82) is 0 Å². The summed E-state index contributed by atoms with van der Waals surface area (Å²) < 4.78 is 39.9. The summed E-state index contributed by atoms with van der Waals surface area (Å²) in [5, 5.41) is 13.4. The molecule has 1 atom stereocenters. The zero-order valence-electron chi connectivity index (χ0n) is 10.3. The van der Waals surface area contributed by atoms with Gasteiger partial charge in [-0.25, -0.2) is 0 Å². The van der Waals surface area contributed by atoms with Gasteiger partial charge in [0, 0.05) is 11.8 Å². The third-order valence-electron chi connectivity index (χ3n) is 2.29. The highest BCUT2D eigenvalue weighted by atomic mass is 19.4. The second-order valence-electron chi connectivity index (χ2n) is 3.81. The summed E-state index contributed by atoms with van der Waals surface area (Å²) in [6.07, 6.45) is -4.82. The first kappa shape index (κ1) is 15.6. The molecule has 4 N–H and O–H groups in total. The van der Waals surface area contributed by atoms with E-state index >= 15 is 0 Å².